The van der Waals surface area contributed by atoms with Gasteiger partial charge in [-0.3, -0.25) is 9.78 Å². The first-order valence-corrected chi connectivity index (χ1v) is 10.6. The van der Waals surface area contributed by atoms with Crippen molar-refractivity contribution in [1.82, 2.24) is 9.97 Å². The van der Waals surface area contributed by atoms with E-state index in [1.165, 1.54) is 24.5 Å². The minimum Gasteiger partial charge on any atom is -0.406 e. The fourth-order valence-electron chi connectivity index (χ4n) is 3.81. The van der Waals surface area contributed by atoms with Crippen LogP contribution in [0.25, 0.3) is 11.1 Å². The van der Waals surface area contributed by atoms with Crippen LogP contribution in [0.2, 0.25) is 0 Å². The van der Waals surface area contributed by atoms with Crippen LogP contribution in [0.1, 0.15) is 22.3 Å². The van der Waals surface area contributed by atoms with Crippen molar-refractivity contribution < 1.29 is 27.8 Å². The third kappa shape index (κ3) is 5.85. The number of amides is 1. The Morgan fingerprint density at radius 2 is 2.00 bits per heavy atom. The van der Waals surface area contributed by atoms with Gasteiger partial charge in [-0.25, -0.2) is 4.98 Å². The van der Waals surface area contributed by atoms with E-state index in [2.05, 4.69) is 20.0 Å². The molecule has 4 rings (SSSR count). The highest BCUT2D eigenvalue weighted by molar-refractivity contribution is 6.05. The van der Waals surface area contributed by atoms with Crippen LogP contribution >= 0.6 is 0 Å². The summed E-state index contributed by atoms with van der Waals surface area (Å²) in [5.74, 6) is -0.210. The number of aliphatic hydroxyl groups is 1. The van der Waals surface area contributed by atoms with Crippen molar-refractivity contribution in [3.63, 3.8) is 0 Å². The number of rotatable bonds is 6. The number of ether oxygens (including phenoxy) is 1. The van der Waals surface area contributed by atoms with Crippen molar-refractivity contribution in [3.8, 4) is 22.9 Å². The predicted molar refractivity (Wildman–Crippen MR) is 121 cm³/mol. The summed E-state index contributed by atoms with van der Waals surface area (Å²) in [6, 6.07) is 10.1. The molecule has 35 heavy (non-hydrogen) atoms. The van der Waals surface area contributed by atoms with Crippen LogP contribution in [0, 0.1) is 17.2 Å². The maximum atomic E-state index is 12.9. The second kappa shape index (κ2) is 9.99. The fourth-order valence-corrected chi connectivity index (χ4v) is 3.81. The Kier molecular flexibility index (Phi) is 6.84. The highest BCUT2D eigenvalue weighted by Gasteiger charge is 2.31. The molecule has 1 amide bonds. The van der Waals surface area contributed by atoms with E-state index >= 15 is 0 Å². The summed E-state index contributed by atoms with van der Waals surface area (Å²) in [7, 11) is 0. The molecule has 1 aliphatic heterocycles. The van der Waals surface area contributed by atoms with Crippen molar-refractivity contribution >= 4 is 17.4 Å². The zero-order valence-corrected chi connectivity index (χ0v) is 18.3. The highest BCUT2D eigenvalue weighted by Crippen LogP contribution is 2.33. The van der Waals surface area contributed by atoms with E-state index in [-0.39, 0.29) is 23.8 Å². The number of aliphatic hydroxyl groups excluding tert-OH is 1. The number of pyridine rings is 2. The summed E-state index contributed by atoms with van der Waals surface area (Å²) < 4.78 is 40.9. The van der Waals surface area contributed by atoms with Crippen molar-refractivity contribution in [2.75, 3.05) is 29.9 Å². The molecular weight excluding hydrogens is 463 g/mol. The van der Waals surface area contributed by atoms with Crippen LogP contribution in [0.4, 0.5) is 24.7 Å². The second-order valence-electron chi connectivity index (χ2n) is 7.98. The van der Waals surface area contributed by atoms with Gasteiger partial charge in [0.05, 0.1) is 11.1 Å². The number of hydrogen-bond acceptors (Lipinski definition) is 7. The summed E-state index contributed by atoms with van der Waals surface area (Å²) in [5.41, 5.74) is 2.02. The maximum Gasteiger partial charge on any atom is 0.573 e. The third-order valence-electron chi connectivity index (χ3n) is 5.50. The third-order valence-corrected chi connectivity index (χ3v) is 5.50. The molecule has 0 bridgehead atoms. The van der Waals surface area contributed by atoms with E-state index < -0.39 is 18.0 Å². The lowest BCUT2D eigenvalue weighted by atomic mass is 10.0. The molecule has 1 aliphatic rings. The van der Waals surface area contributed by atoms with Gasteiger partial charge < -0.3 is 20.1 Å². The first-order chi connectivity index (χ1) is 16.8. The van der Waals surface area contributed by atoms with Crippen molar-refractivity contribution in [3.05, 3.63) is 66.1 Å². The van der Waals surface area contributed by atoms with Gasteiger partial charge in [-0.15, -0.1) is 13.2 Å². The number of nitrogens with zero attached hydrogens (tertiary/aromatic N) is 4. The quantitative estimate of drug-likeness (QED) is 0.545. The molecule has 0 unspecified atom stereocenters. The van der Waals surface area contributed by atoms with Crippen molar-refractivity contribution in [1.29, 1.82) is 5.26 Å². The molecule has 1 saturated heterocycles. The maximum absolute atomic E-state index is 12.9. The molecule has 180 valence electrons. The zero-order valence-electron chi connectivity index (χ0n) is 18.3. The molecule has 2 N–H and O–H groups in total. The standard InChI is InChI=1S/C24H20F3N5O3/c25-24(26,27)35-20-3-1-19(2-4-20)31-23(34)18-8-21(17-7-16(9-28)10-29-11-17)22(30-12-18)32-6-5-15(13-32)14-33/h1-4,7-8,10-12,15,33H,5-6,13-14H2,(H,31,34)/t15-/m0/s1. The molecule has 1 atom stereocenters. The molecule has 3 aromatic rings. The zero-order chi connectivity index (χ0) is 25.0. The Bertz CT molecular complexity index is 1260. The number of carbonyl (C=O) groups excluding carboxylic acids is 1. The molecule has 1 aromatic carbocycles. The minimum absolute atomic E-state index is 0.0601. The monoisotopic (exact) mass is 483 g/mol. The van der Waals surface area contributed by atoms with Gasteiger partial charge in [-0.05, 0) is 42.8 Å². The molecule has 1 fully saturated rings. The summed E-state index contributed by atoms with van der Waals surface area (Å²) >= 11 is 0. The number of nitriles is 1. The largest absolute Gasteiger partial charge is 0.573 e. The van der Waals surface area contributed by atoms with Gasteiger partial charge in [0.1, 0.15) is 17.6 Å². The highest BCUT2D eigenvalue weighted by atomic mass is 19.4. The fraction of sp³-hybridized carbons (Fsp3) is 0.250. The van der Waals surface area contributed by atoms with Gasteiger partial charge in [0, 0.05) is 61.0 Å². The number of halogens is 3. The van der Waals surface area contributed by atoms with E-state index in [1.54, 1.807) is 18.3 Å². The number of carbonyl (C=O) groups is 1. The lowest BCUT2D eigenvalue weighted by Gasteiger charge is -2.21. The number of benzene rings is 1. The average Bonchev–Trinajstić information content (AvgIpc) is 3.33. The van der Waals surface area contributed by atoms with Gasteiger partial charge in [-0.2, -0.15) is 5.26 Å². The first kappa shape index (κ1) is 24.0. The van der Waals surface area contributed by atoms with Gasteiger partial charge in [0.25, 0.3) is 5.91 Å². The van der Waals surface area contributed by atoms with Crippen LogP contribution < -0.4 is 15.0 Å². The molecule has 0 saturated carbocycles. The van der Waals surface area contributed by atoms with Crippen molar-refractivity contribution in [2.24, 2.45) is 5.92 Å². The number of aromatic nitrogens is 2. The first-order valence-electron chi connectivity index (χ1n) is 10.6. The van der Waals surface area contributed by atoms with Crippen LogP contribution in [-0.4, -0.2) is 47.0 Å². The molecular formula is C24H20F3N5O3. The molecule has 11 heteroatoms. The summed E-state index contributed by atoms with van der Waals surface area (Å²) in [6.07, 6.45) is 0.394. The Labute approximate surface area is 198 Å². The molecule has 2 aromatic heterocycles. The lowest BCUT2D eigenvalue weighted by Crippen LogP contribution is -2.23. The van der Waals surface area contributed by atoms with Gasteiger partial charge in [0.2, 0.25) is 0 Å². The van der Waals surface area contributed by atoms with E-state index in [9.17, 15) is 28.3 Å². The van der Waals surface area contributed by atoms with Gasteiger partial charge in [-0.1, -0.05) is 0 Å². The molecule has 0 radical (unpaired) electrons. The summed E-state index contributed by atoms with van der Waals surface area (Å²) in [5, 5.41) is 21.4. The lowest BCUT2D eigenvalue weighted by molar-refractivity contribution is -0.274. The van der Waals surface area contributed by atoms with E-state index in [1.807, 2.05) is 11.0 Å². The summed E-state index contributed by atoms with van der Waals surface area (Å²) in [4.78, 5) is 23.5. The number of alkyl halides is 3. The Morgan fingerprint density at radius 1 is 1.23 bits per heavy atom. The SMILES string of the molecule is N#Cc1cncc(-c2cc(C(=O)Nc3ccc(OC(F)(F)F)cc3)cnc2N2CC[C@H](CO)C2)c1. The molecule has 8 nitrogen and oxygen atoms in total. The molecule has 0 spiro atoms. The van der Waals surface area contributed by atoms with E-state index in [4.69, 9.17) is 0 Å². The van der Waals surface area contributed by atoms with Crippen LogP contribution in [-0.2, 0) is 0 Å². The molecule has 3 heterocycles. The number of nitrogens with one attached hydrogen (secondary N) is 1. The topological polar surface area (TPSA) is 111 Å². The van der Waals surface area contributed by atoms with Crippen LogP contribution in [0.3, 0.4) is 0 Å². The predicted octanol–water partition coefficient (Wildman–Crippen LogP) is 3.98. The second-order valence-corrected chi connectivity index (χ2v) is 7.98. The smallest absolute Gasteiger partial charge is 0.406 e. The number of anilines is 2. The summed E-state index contributed by atoms with van der Waals surface area (Å²) in [6.45, 7) is 1.33. The van der Waals surface area contributed by atoms with Gasteiger partial charge in [0.15, 0.2) is 0 Å². The van der Waals surface area contributed by atoms with Crippen molar-refractivity contribution in [2.45, 2.75) is 12.8 Å². The Hall–Kier alpha value is -4.17. The van der Waals surface area contributed by atoms with Crippen LogP contribution in [0.5, 0.6) is 5.75 Å². The van der Waals surface area contributed by atoms with Crippen LogP contribution in [0.15, 0.2) is 55.0 Å². The van der Waals surface area contributed by atoms with Gasteiger partial charge >= 0.3 is 6.36 Å². The average molecular weight is 483 g/mol. The number of hydrogen-bond donors (Lipinski definition) is 2. The Balaban J connectivity index is 1.62. The van der Waals surface area contributed by atoms with E-state index in [0.29, 0.717) is 35.6 Å². The molecule has 0 aliphatic carbocycles. The minimum atomic E-state index is -4.81. The normalized spacial score (nSPS) is 15.5. The Morgan fingerprint density at radius 3 is 2.66 bits per heavy atom. The van der Waals surface area contributed by atoms with E-state index in [0.717, 1.165) is 18.6 Å².